The highest BCUT2D eigenvalue weighted by molar-refractivity contribution is 9.10. The van der Waals surface area contributed by atoms with Crippen molar-refractivity contribution in [2.24, 2.45) is 0 Å². The van der Waals surface area contributed by atoms with Gasteiger partial charge in [-0.2, -0.15) is 0 Å². The Hall–Kier alpha value is -4.12. The maximum Gasteiger partial charge on any atom is 0.359 e. The summed E-state index contributed by atoms with van der Waals surface area (Å²) >= 11 is 10.3. The molecule has 8 heterocycles. The van der Waals surface area contributed by atoms with Crippen molar-refractivity contribution in [3.05, 3.63) is 77.9 Å². The first-order chi connectivity index (χ1) is 26.7. The number of nitrogens with zero attached hydrogens (tertiary/aromatic N) is 8. The fourth-order valence-corrected chi connectivity index (χ4v) is 11.5. The molecular weight excluding hydrogens is 868 g/mol. The molecule has 0 saturated heterocycles. The molecule has 0 radical (unpaired) electrons. The van der Waals surface area contributed by atoms with E-state index in [1.54, 1.807) is 11.3 Å². The largest absolute Gasteiger partial charge is 0.476 e. The van der Waals surface area contributed by atoms with Crippen LogP contribution >= 0.6 is 54.5 Å². The predicted molar refractivity (Wildman–Crippen MR) is 213 cm³/mol. The Morgan fingerprint density at radius 1 is 0.691 bits per heavy atom. The first kappa shape index (κ1) is 34.2. The summed E-state index contributed by atoms with van der Waals surface area (Å²) in [5, 5.41) is 30.9. The lowest BCUT2D eigenvalue weighted by Gasteiger charge is -2.35. The van der Waals surface area contributed by atoms with Gasteiger partial charge < -0.3 is 19.0 Å². The predicted octanol–water partition coefficient (Wildman–Crippen LogP) is 9.77. The van der Waals surface area contributed by atoms with Gasteiger partial charge in [0.15, 0.2) is 21.4 Å². The molecule has 4 fully saturated rings. The van der Waals surface area contributed by atoms with Crippen molar-refractivity contribution in [3.8, 4) is 44.2 Å². The van der Waals surface area contributed by atoms with Gasteiger partial charge in [0.2, 0.25) is 0 Å². The molecule has 4 aliphatic heterocycles. The molecule has 0 amide bonds. The maximum atomic E-state index is 12.6. The van der Waals surface area contributed by atoms with Gasteiger partial charge in [0, 0.05) is 44.0 Å². The minimum absolute atomic E-state index is 0.0831. The molecular formula is C39H32Br2N8O4S2. The highest BCUT2D eigenvalue weighted by atomic mass is 79.9. The maximum absolute atomic E-state index is 12.6. The van der Waals surface area contributed by atoms with Gasteiger partial charge in [-0.3, -0.25) is 0 Å². The van der Waals surface area contributed by atoms with E-state index in [0.717, 1.165) is 91.0 Å². The lowest BCUT2D eigenvalue weighted by molar-refractivity contribution is 0.0594. The van der Waals surface area contributed by atoms with Crippen molar-refractivity contribution in [3.63, 3.8) is 0 Å². The SMILES string of the molecule is COC(=O)c1nc2n(c1-c1nnc(C3CC3)s1)C1CC(C1)c1ccc(Br)cc1-2.O=C(O)c1nc2n(c1-c1nnc(C3CC3)s1)C1CC(C1)c1ccc(Br)cc1-2. The quantitative estimate of drug-likeness (QED) is 0.160. The molecule has 6 aromatic rings. The molecule has 4 aliphatic carbocycles. The molecule has 1 N–H and O–H groups in total. The van der Waals surface area contributed by atoms with Crippen LogP contribution in [0.25, 0.3) is 44.2 Å². The average Bonchev–Trinajstić information content (AvgIpc) is 4.02. The number of carboxylic acid groups (broad SMARTS) is 1. The number of benzene rings is 2. The molecule has 4 bridgehead atoms. The second kappa shape index (κ2) is 12.7. The van der Waals surface area contributed by atoms with E-state index in [4.69, 9.17) is 9.72 Å². The Bertz CT molecular complexity index is 2590. The number of aromatic nitrogens is 8. The van der Waals surface area contributed by atoms with E-state index in [1.165, 1.54) is 42.4 Å². The van der Waals surface area contributed by atoms with Gasteiger partial charge in [0.1, 0.15) is 33.1 Å². The van der Waals surface area contributed by atoms with Crippen LogP contribution in [0.15, 0.2) is 45.3 Å². The van der Waals surface area contributed by atoms with Crippen molar-refractivity contribution in [1.82, 2.24) is 39.5 Å². The van der Waals surface area contributed by atoms with E-state index in [9.17, 15) is 14.7 Å². The van der Waals surface area contributed by atoms with Crippen LogP contribution in [-0.2, 0) is 4.74 Å². The fraction of sp³-hybridized carbons (Fsp3) is 0.385. The highest BCUT2D eigenvalue weighted by Crippen LogP contribution is 2.56. The normalized spacial score (nSPS) is 22.3. The van der Waals surface area contributed by atoms with E-state index >= 15 is 0 Å². The first-order valence-electron chi connectivity index (χ1n) is 18.6. The van der Waals surface area contributed by atoms with Gasteiger partial charge in [-0.25, -0.2) is 19.6 Å². The number of aromatic carboxylic acids is 1. The minimum Gasteiger partial charge on any atom is -0.476 e. The molecule has 12 nitrogen and oxygen atoms in total. The summed E-state index contributed by atoms with van der Waals surface area (Å²) < 4.78 is 11.4. The Balaban J connectivity index is 0.000000128. The van der Waals surface area contributed by atoms with Gasteiger partial charge >= 0.3 is 11.9 Å². The van der Waals surface area contributed by atoms with Crippen LogP contribution in [0.4, 0.5) is 0 Å². The molecule has 2 aromatic carbocycles. The Labute approximate surface area is 339 Å². The first-order valence-corrected chi connectivity index (χ1v) is 21.8. The second-order valence-corrected chi connectivity index (χ2v) is 19.2. The number of ether oxygens (including phenoxy) is 1. The topological polar surface area (TPSA) is 151 Å². The number of halogens is 2. The number of hydrogen-bond acceptors (Lipinski definition) is 11. The van der Waals surface area contributed by atoms with Crippen LogP contribution in [-0.4, -0.2) is 63.7 Å². The number of esters is 1. The smallest absolute Gasteiger partial charge is 0.359 e. The number of imidazole rings is 2. The van der Waals surface area contributed by atoms with Crippen molar-refractivity contribution >= 4 is 66.5 Å². The van der Waals surface area contributed by atoms with E-state index in [-0.39, 0.29) is 11.7 Å². The number of carbonyl (C=O) groups is 2. The monoisotopic (exact) mass is 898 g/mol. The third-order valence-corrected chi connectivity index (χ3v) is 15.1. The zero-order valence-electron chi connectivity index (χ0n) is 29.4. The standard InChI is InChI=1S/C20H17BrN4O2S.C19H15BrN4O2S/c1-27-20(26)15-16(19-24-23-18(28-19)9-2-3-9)25-12-6-10(7-12)13-5-4-11(21)8-14(13)17(25)22-15;20-10-3-4-12-9-5-11(6-9)24-15(18-23-22-17(27-18)8-1-2-8)14(19(25)26)21-16(24)13(12)7-10/h4-5,8-10,12H,2-3,6-7H2,1H3;3-4,7-9,11H,1-2,5-6H2,(H,25,26). The summed E-state index contributed by atoms with van der Waals surface area (Å²) in [7, 11) is 1.40. The molecule has 4 aromatic heterocycles. The average molecular weight is 901 g/mol. The number of hydrogen-bond donors (Lipinski definition) is 1. The summed E-state index contributed by atoms with van der Waals surface area (Å²) in [4.78, 5) is 34.0. The minimum atomic E-state index is -1.01. The molecule has 16 heteroatoms. The second-order valence-electron chi connectivity index (χ2n) is 15.3. The Morgan fingerprint density at radius 3 is 1.58 bits per heavy atom. The summed E-state index contributed by atoms with van der Waals surface area (Å²) in [6.07, 6.45) is 8.78. The molecule has 278 valence electrons. The number of rotatable bonds is 6. The molecule has 8 aliphatic rings. The van der Waals surface area contributed by atoms with Gasteiger partial charge in [0.05, 0.1) is 7.11 Å². The summed E-state index contributed by atoms with van der Waals surface area (Å²) in [5.41, 5.74) is 6.49. The van der Waals surface area contributed by atoms with Crippen LogP contribution in [0.2, 0.25) is 0 Å². The van der Waals surface area contributed by atoms with Crippen molar-refractivity contribution in [1.29, 1.82) is 0 Å². The zero-order chi connectivity index (χ0) is 37.3. The van der Waals surface area contributed by atoms with Crippen LogP contribution in [0, 0.1) is 0 Å². The molecule has 0 unspecified atom stereocenters. The Kier molecular flexibility index (Phi) is 7.89. The molecule has 55 heavy (non-hydrogen) atoms. The molecule has 4 saturated carbocycles. The lowest BCUT2D eigenvalue weighted by Crippen LogP contribution is -2.24. The number of carbonyl (C=O) groups excluding carboxylic acids is 1. The highest BCUT2D eigenvalue weighted by Gasteiger charge is 2.44. The molecule has 0 atom stereocenters. The number of methoxy groups -OCH3 is 1. The van der Waals surface area contributed by atoms with Gasteiger partial charge in [-0.15, -0.1) is 20.4 Å². The van der Waals surface area contributed by atoms with E-state index in [2.05, 4.69) is 103 Å². The van der Waals surface area contributed by atoms with Crippen LogP contribution in [0.1, 0.15) is 129 Å². The Morgan fingerprint density at radius 2 is 1.15 bits per heavy atom. The molecule has 14 rings (SSSR count). The summed E-state index contributed by atoms with van der Waals surface area (Å²) in [6, 6.07) is 13.2. The number of carboxylic acids is 1. The van der Waals surface area contributed by atoms with Gasteiger partial charge in [0.25, 0.3) is 0 Å². The van der Waals surface area contributed by atoms with Crippen molar-refractivity contribution < 1.29 is 19.4 Å². The van der Waals surface area contributed by atoms with E-state index in [1.807, 2.05) is 0 Å². The fourth-order valence-electron chi connectivity index (χ4n) is 8.67. The van der Waals surface area contributed by atoms with Gasteiger partial charge in [-0.1, -0.05) is 66.7 Å². The summed E-state index contributed by atoms with van der Waals surface area (Å²) in [6.45, 7) is 0. The summed E-state index contributed by atoms with van der Waals surface area (Å²) in [5.74, 6) is 2.22. The van der Waals surface area contributed by atoms with Crippen molar-refractivity contribution in [2.45, 2.75) is 87.1 Å². The van der Waals surface area contributed by atoms with E-state index < -0.39 is 11.9 Å². The van der Waals surface area contributed by atoms with Crippen LogP contribution in [0.3, 0.4) is 0 Å². The van der Waals surface area contributed by atoms with Crippen LogP contribution < -0.4 is 0 Å². The third kappa shape index (κ3) is 5.52. The zero-order valence-corrected chi connectivity index (χ0v) is 34.2. The molecule has 0 spiro atoms. The van der Waals surface area contributed by atoms with Crippen molar-refractivity contribution in [2.75, 3.05) is 7.11 Å². The van der Waals surface area contributed by atoms with Crippen LogP contribution in [0.5, 0.6) is 0 Å². The lowest BCUT2D eigenvalue weighted by atomic mass is 9.75. The third-order valence-electron chi connectivity index (χ3n) is 11.9. The van der Waals surface area contributed by atoms with Gasteiger partial charge in [-0.05, 0) is 98.6 Å². The van der Waals surface area contributed by atoms with E-state index in [0.29, 0.717) is 46.1 Å².